The van der Waals surface area contributed by atoms with Crippen molar-refractivity contribution < 1.29 is 9.59 Å². The standard InChI is InChI=1S/C20H30N4O2/c1-15-17(9-11-23(15)13-16-7-5-4-6-8-16)22-19(26)24-12-10-20(2,14-24)18(25)21-3/h4-8,15,17H,9-14H2,1-3H3,(H,21,25)(H,22,26). The highest BCUT2D eigenvalue weighted by atomic mass is 16.2. The summed E-state index contributed by atoms with van der Waals surface area (Å²) in [5, 5.41) is 5.91. The Morgan fingerprint density at radius 2 is 1.96 bits per heavy atom. The molecular weight excluding hydrogens is 328 g/mol. The van der Waals surface area contributed by atoms with Gasteiger partial charge in [0.25, 0.3) is 0 Å². The Kier molecular flexibility index (Phi) is 5.51. The molecule has 6 nitrogen and oxygen atoms in total. The van der Waals surface area contributed by atoms with Crippen LogP contribution < -0.4 is 10.6 Å². The van der Waals surface area contributed by atoms with Crippen LogP contribution in [0.4, 0.5) is 4.79 Å². The molecule has 6 heteroatoms. The zero-order chi connectivity index (χ0) is 18.7. The highest BCUT2D eigenvalue weighted by Gasteiger charge is 2.42. The summed E-state index contributed by atoms with van der Waals surface area (Å²) in [7, 11) is 1.65. The van der Waals surface area contributed by atoms with E-state index in [-0.39, 0.29) is 18.0 Å². The smallest absolute Gasteiger partial charge is 0.317 e. The average Bonchev–Trinajstić information content (AvgIpc) is 3.21. The van der Waals surface area contributed by atoms with E-state index in [1.165, 1.54) is 5.56 Å². The predicted octanol–water partition coefficient (Wildman–Crippen LogP) is 1.82. The molecule has 2 N–H and O–H groups in total. The molecule has 0 spiro atoms. The van der Waals surface area contributed by atoms with Gasteiger partial charge in [0.05, 0.1) is 5.41 Å². The average molecular weight is 358 g/mol. The maximum atomic E-state index is 12.7. The molecule has 0 saturated carbocycles. The number of carbonyl (C=O) groups is 2. The van der Waals surface area contributed by atoms with Crippen LogP contribution in [0.5, 0.6) is 0 Å². The molecule has 26 heavy (non-hydrogen) atoms. The zero-order valence-corrected chi connectivity index (χ0v) is 16.0. The van der Waals surface area contributed by atoms with Gasteiger partial charge in [-0.2, -0.15) is 0 Å². The third-order valence-electron chi connectivity index (χ3n) is 5.96. The number of urea groups is 1. The molecule has 3 atom stereocenters. The summed E-state index contributed by atoms with van der Waals surface area (Å²) in [5.41, 5.74) is 0.819. The number of rotatable bonds is 4. The van der Waals surface area contributed by atoms with Crippen LogP contribution in [0.2, 0.25) is 0 Å². The van der Waals surface area contributed by atoms with Crippen molar-refractivity contribution in [3.63, 3.8) is 0 Å². The summed E-state index contributed by atoms with van der Waals surface area (Å²) in [4.78, 5) is 28.9. The largest absolute Gasteiger partial charge is 0.359 e. The Balaban J connectivity index is 1.53. The lowest BCUT2D eigenvalue weighted by Gasteiger charge is -2.27. The van der Waals surface area contributed by atoms with Crippen molar-refractivity contribution in [3.05, 3.63) is 35.9 Å². The van der Waals surface area contributed by atoms with Crippen LogP contribution >= 0.6 is 0 Å². The van der Waals surface area contributed by atoms with E-state index in [9.17, 15) is 9.59 Å². The van der Waals surface area contributed by atoms with Crippen LogP contribution in [-0.2, 0) is 11.3 Å². The van der Waals surface area contributed by atoms with Crippen molar-refractivity contribution in [2.75, 3.05) is 26.7 Å². The van der Waals surface area contributed by atoms with Crippen LogP contribution in [0.15, 0.2) is 30.3 Å². The van der Waals surface area contributed by atoms with E-state index in [1.54, 1.807) is 11.9 Å². The fraction of sp³-hybridized carbons (Fsp3) is 0.600. The van der Waals surface area contributed by atoms with Crippen LogP contribution in [0.3, 0.4) is 0 Å². The van der Waals surface area contributed by atoms with Crippen LogP contribution in [0, 0.1) is 5.41 Å². The van der Waals surface area contributed by atoms with Gasteiger partial charge in [0, 0.05) is 45.3 Å². The van der Waals surface area contributed by atoms with Crippen LogP contribution in [0.1, 0.15) is 32.3 Å². The van der Waals surface area contributed by atoms with Gasteiger partial charge in [-0.3, -0.25) is 9.69 Å². The van der Waals surface area contributed by atoms with E-state index in [2.05, 4.69) is 46.7 Å². The first-order chi connectivity index (χ1) is 12.4. The van der Waals surface area contributed by atoms with Gasteiger partial charge in [-0.25, -0.2) is 4.79 Å². The normalized spacial score (nSPS) is 29.0. The van der Waals surface area contributed by atoms with Gasteiger partial charge in [-0.05, 0) is 32.3 Å². The second kappa shape index (κ2) is 7.66. The molecule has 0 bridgehead atoms. The Bertz CT molecular complexity index is 650. The minimum atomic E-state index is -0.479. The van der Waals surface area contributed by atoms with E-state index in [4.69, 9.17) is 0 Å². The van der Waals surface area contributed by atoms with Gasteiger partial charge >= 0.3 is 6.03 Å². The lowest BCUT2D eigenvalue weighted by Crippen LogP contribution is -2.49. The minimum Gasteiger partial charge on any atom is -0.359 e. The highest BCUT2D eigenvalue weighted by molar-refractivity contribution is 5.84. The third kappa shape index (κ3) is 3.85. The van der Waals surface area contributed by atoms with Gasteiger partial charge in [0.2, 0.25) is 5.91 Å². The van der Waals surface area contributed by atoms with Gasteiger partial charge in [-0.1, -0.05) is 30.3 Å². The maximum Gasteiger partial charge on any atom is 0.317 e. The molecule has 1 aromatic carbocycles. The molecule has 3 rings (SSSR count). The van der Waals surface area contributed by atoms with E-state index in [0.717, 1.165) is 19.5 Å². The van der Waals surface area contributed by atoms with E-state index in [0.29, 0.717) is 25.6 Å². The Hall–Kier alpha value is -2.08. The van der Waals surface area contributed by atoms with Gasteiger partial charge in [0.15, 0.2) is 0 Å². The number of likely N-dealkylation sites (tertiary alicyclic amines) is 2. The number of carbonyl (C=O) groups excluding carboxylic acids is 2. The Morgan fingerprint density at radius 1 is 1.23 bits per heavy atom. The Morgan fingerprint density at radius 3 is 2.65 bits per heavy atom. The van der Waals surface area contributed by atoms with E-state index >= 15 is 0 Å². The molecular formula is C20H30N4O2. The third-order valence-corrected chi connectivity index (χ3v) is 5.96. The van der Waals surface area contributed by atoms with Crippen molar-refractivity contribution in [2.24, 2.45) is 5.41 Å². The van der Waals surface area contributed by atoms with Crippen molar-refractivity contribution in [3.8, 4) is 0 Å². The van der Waals surface area contributed by atoms with Crippen molar-refractivity contribution in [1.29, 1.82) is 0 Å². The lowest BCUT2D eigenvalue weighted by atomic mass is 9.89. The number of hydrogen-bond acceptors (Lipinski definition) is 3. The molecule has 2 aliphatic rings. The summed E-state index contributed by atoms with van der Waals surface area (Å²) in [6.45, 7) is 7.11. The molecule has 2 aliphatic heterocycles. The molecule has 0 aliphatic carbocycles. The van der Waals surface area contributed by atoms with Crippen molar-refractivity contribution in [2.45, 2.75) is 45.3 Å². The highest BCUT2D eigenvalue weighted by Crippen LogP contribution is 2.30. The summed E-state index contributed by atoms with van der Waals surface area (Å²) >= 11 is 0. The summed E-state index contributed by atoms with van der Waals surface area (Å²) in [6.07, 6.45) is 1.67. The fourth-order valence-corrected chi connectivity index (χ4v) is 4.11. The number of hydrogen-bond donors (Lipinski definition) is 2. The molecule has 142 valence electrons. The molecule has 0 radical (unpaired) electrons. The Labute approximate surface area is 155 Å². The monoisotopic (exact) mass is 358 g/mol. The topological polar surface area (TPSA) is 64.7 Å². The summed E-state index contributed by atoms with van der Waals surface area (Å²) < 4.78 is 0. The second-order valence-electron chi connectivity index (χ2n) is 7.85. The number of amides is 3. The van der Waals surface area contributed by atoms with Crippen molar-refractivity contribution >= 4 is 11.9 Å². The number of nitrogens with zero attached hydrogens (tertiary/aromatic N) is 2. The first-order valence-corrected chi connectivity index (χ1v) is 9.48. The zero-order valence-electron chi connectivity index (χ0n) is 16.0. The molecule has 0 aromatic heterocycles. The SMILES string of the molecule is CNC(=O)C1(C)CCN(C(=O)NC2CCN(Cc3ccccc3)C2C)C1. The van der Waals surface area contributed by atoms with Crippen LogP contribution in [-0.4, -0.2) is 60.5 Å². The number of benzene rings is 1. The lowest BCUT2D eigenvalue weighted by molar-refractivity contribution is -0.128. The quantitative estimate of drug-likeness (QED) is 0.863. The van der Waals surface area contributed by atoms with E-state index < -0.39 is 5.41 Å². The molecule has 2 fully saturated rings. The molecule has 3 amide bonds. The predicted molar refractivity (Wildman–Crippen MR) is 102 cm³/mol. The first-order valence-electron chi connectivity index (χ1n) is 9.48. The fourth-order valence-electron chi connectivity index (χ4n) is 4.11. The number of nitrogens with one attached hydrogen (secondary N) is 2. The molecule has 1 aromatic rings. The first kappa shape index (κ1) is 18.7. The molecule has 2 saturated heterocycles. The minimum absolute atomic E-state index is 0.0103. The van der Waals surface area contributed by atoms with Crippen LogP contribution in [0.25, 0.3) is 0 Å². The van der Waals surface area contributed by atoms with Gasteiger partial charge < -0.3 is 15.5 Å². The van der Waals surface area contributed by atoms with Crippen molar-refractivity contribution in [1.82, 2.24) is 20.4 Å². The summed E-state index contributed by atoms with van der Waals surface area (Å²) in [5.74, 6) is 0.0103. The van der Waals surface area contributed by atoms with Gasteiger partial charge in [0.1, 0.15) is 0 Å². The van der Waals surface area contributed by atoms with Gasteiger partial charge in [-0.15, -0.1) is 0 Å². The summed E-state index contributed by atoms with van der Waals surface area (Å²) in [6, 6.07) is 10.8. The maximum absolute atomic E-state index is 12.7. The molecule has 3 unspecified atom stereocenters. The second-order valence-corrected chi connectivity index (χ2v) is 7.85. The molecule has 2 heterocycles. The van der Waals surface area contributed by atoms with E-state index in [1.807, 2.05) is 13.0 Å².